The van der Waals surface area contributed by atoms with E-state index in [-0.39, 0.29) is 6.04 Å². The number of hydrogen-bond donors (Lipinski definition) is 1. The van der Waals surface area contributed by atoms with Crippen molar-refractivity contribution in [1.29, 1.82) is 0 Å². The predicted molar refractivity (Wildman–Crippen MR) is 91.4 cm³/mol. The summed E-state index contributed by atoms with van der Waals surface area (Å²) in [6, 6.07) is 19.3. The zero-order chi connectivity index (χ0) is 14.7. The normalized spacial score (nSPS) is 12.5. The van der Waals surface area contributed by atoms with Crippen LogP contribution in [-0.2, 0) is 6.42 Å². The number of nitrogens with zero attached hydrogens (tertiary/aromatic N) is 1. The van der Waals surface area contributed by atoms with E-state index in [9.17, 15) is 0 Å². The minimum Gasteiger partial charge on any atom is -0.313 e. The molecule has 3 rings (SSSR count). The van der Waals surface area contributed by atoms with Crippen LogP contribution in [0.3, 0.4) is 0 Å². The van der Waals surface area contributed by atoms with E-state index in [1.807, 2.05) is 19.3 Å². The Morgan fingerprint density at radius 3 is 2.81 bits per heavy atom. The molecule has 21 heavy (non-hydrogen) atoms. The molecule has 0 aliphatic carbocycles. The van der Waals surface area contributed by atoms with Crippen molar-refractivity contribution in [3.63, 3.8) is 0 Å². The number of halogens is 1. The fourth-order valence-electron chi connectivity index (χ4n) is 2.59. The van der Waals surface area contributed by atoms with Gasteiger partial charge in [-0.25, -0.2) is 0 Å². The molecule has 1 atom stereocenters. The van der Waals surface area contributed by atoms with Gasteiger partial charge in [-0.05, 0) is 48.9 Å². The monoisotopic (exact) mass is 340 g/mol. The molecule has 2 nitrogen and oxygen atoms in total. The average Bonchev–Trinajstić information content (AvgIpc) is 2.52. The summed E-state index contributed by atoms with van der Waals surface area (Å²) in [5, 5.41) is 4.59. The van der Waals surface area contributed by atoms with Gasteiger partial charge < -0.3 is 5.32 Å². The zero-order valence-electron chi connectivity index (χ0n) is 11.9. The van der Waals surface area contributed by atoms with Gasteiger partial charge in [-0.15, -0.1) is 0 Å². The van der Waals surface area contributed by atoms with E-state index in [1.165, 1.54) is 16.5 Å². The highest BCUT2D eigenvalue weighted by molar-refractivity contribution is 9.10. The zero-order valence-corrected chi connectivity index (χ0v) is 13.5. The van der Waals surface area contributed by atoms with E-state index < -0.39 is 0 Å². The number of benzene rings is 2. The fraction of sp³-hybridized carbons (Fsp3) is 0.167. The van der Waals surface area contributed by atoms with Crippen LogP contribution in [0.2, 0.25) is 0 Å². The highest BCUT2D eigenvalue weighted by Gasteiger charge is 2.11. The quantitative estimate of drug-likeness (QED) is 0.756. The fourth-order valence-corrected chi connectivity index (χ4v) is 3.03. The van der Waals surface area contributed by atoms with Crippen LogP contribution in [0.15, 0.2) is 65.3 Å². The largest absolute Gasteiger partial charge is 0.313 e. The van der Waals surface area contributed by atoms with Gasteiger partial charge in [0, 0.05) is 22.1 Å². The second kappa shape index (κ2) is 6.37. The SMILES string of the molecule is CNC(Cc1cccc(Br)c1)c1ccc2cccnc2c1. The summed E-state index contributed by atoms with van der Waals surface area (Å²) in [7, 11) is 2.01. The summed E-state index contributed by atoms with van der Waals surface area (Å²) in [5.41, 5.74) is 3.62. The molecule has 0 spiro atoms. The van der Waals surface area contributed by atoms with E-state index in [4.69, 9.17) is 0 Å². The Balaban J connectivity index is 1.90. The Hall–Kier alpha value is -1.71. The van der Waals surface area contributed by atoms with Crippen molar-refractivity contribution in [2.75, 3.05) is 7.05 Å². The molecule has 1 heterocycles. The lowest BCUT2D eigenvalue weighted by Gasteiger charge is -2.17. The van der Waals surface area contributed by atoms with Crippen LogP contribution in [0.4, 0.5) is 0 Å². The molecule has 0 aliphatic rings. The molecule has 0 saturated heterocycles. The van der Waals surface area contributed by atoms with Crippen LogP contribution >= 0.6 is 15.9 Å². The average molecular weight is 341 g/mol. The van der Waals surface area contributed by atoms with Gasteiger partial charge in [-0.1, -0.05) is 46.3 Å². The number of rotatable bonds is 4. The van der Waals surface area contributed by atoms with E-state index in [0.29, 0.717) is 0 Å². The number of pyridine rings is 1. The molecule has 1 N–H and O–H groups in total. The maximum Gasteiger partial charge on any atom is 0.0705 e. The minimum absolute atomic E-state index is 0.283. The lowest BCUT2D eigenvalue weighted by atomic mass is 9.98. The summed E-state index contributed by atoms with van der Waals surface area (Å²) >= 11 is 3.53. The van der Waals surface area contributed by atoms with Crippen molar-refractivity contribution in [2.24, 2.45) is 0 Å². The summed E-state index contributed by atoms with van der Waals surface area (Å²) in [6.45, 7) is 0. The molecule has 2 aromatic carbocycles. The Labute approximate surface area is 133 Å². The molecule has 0 radical (unpaired) electrons. The van der Waals surface area contributed by atoms with Crippen LogP contribution in [-0.4, -0.2) is 12.0 Å². The Morgan fingerprint density at radius 2 is 2.00 bits per heavy atom. The summed E-state index contributed by atoms with van der Waals surface area (Å²) in [6.07, 6.45) is 2.79. The first-order valence-electron chi connectivity index (χ1n) is 7.02. The summed E-state index contributed by atoms with van der Waals surface area (Å²) in [5.74, 6) is 0. The molecule has 1 unspecified atom stereocenters. The molecule has 0 bridgehead atoms. The van der Waals surface area contributed by atoms with Gasteiger partial charge in [0.2, 0.25) is 0 Å². The second-order valence-corrected chi connectivity index (χ2v) is 6.05. The third kappa shape index (κ3) is 3.31. The van der Waals surface area contributed by atoms with Crippen molar-refractivity contribution in [3.8, 4) is 0 Å². The van der Waals surface area contributed by atoms with Gasteiger partial charge >= 0.3 is 0 Å². The van der Waals surface area contributed by atoms with E-state index in [0.717, 1.165) is 16.4 Å². The van der Waals surface area contributed by atoms with Crippen molar-refractivity contribution in [2.45, 2.75) is 12.5 Å². The van der Waals surface area contributed by atoms with Crippen LogP contribution < -0.4 is 5.32 Å². The first kappa shape index (κ1) is 14.2. The topological polar surface area (TPSA) is 24.9 Å². The molecule has 3 aromatic rings. The van der Waals surface area contributed by atoms with Crippen molar-refractivity contribution in [1.82, 2.24) is 10.3 Å². The van der Waals surface area contributed by atoms with Crippen molar-refractivity contribution < 1.29 is 0 Å². The highest BCUT2D eigenvalue weighted by atomic mass is 79.9. The number of hydrogen-bond acceptors (Lipinski definition) is 2. The maximum absolute atomic E-state index is 4.44. The first-order valence-corrected chi connectivity index (χ1v) is 7.82. The minimum atomic E-state index is 0.283. The van der Waals surface area contributed by atoms with Crippen molar-refractivity contribution in [3.05, 3.63) is 76.4 Å². The Morgan fingerprint density at radius 1 is 1.10 bits per heavy atom. The van der Waals surface area contributed by atoms with Crippen LogP contribution in [0.5, 0.6) is 0 Å². The van der Waals surface area contributed by atoms with Crippen LogP contribution in [0.25, 0.3) is 10.9 Å². The van der Waals surface area contributed by atoms with E-state index >= 15 is 0 Å². The van der Waals surface area contributed by atoms with Gasteiger partial charge in [0.25, 0.3) is 0 Å². The highest BCUT2D eigenvalue weighted by Crippen LogP contribution is 2.23. The number of nitrogens with one attached hydrogen (secondary N) is 1. The van der Waals surface area contributed by atoms with Gasteiger partial charge in [0.05, 0.1) is 5.52 Å². The molecule has 0 amide bonds. The van der Waals surface area contributed by atoms with Gasteiger partial charge in [-0.3, -0.25) is 4.98 Å². The summed E-state index contributed by atoms with van der Waals surface area (Å²) in [4.78, 5) is 4.44. The Kier molecular flexibility index (Phi) is 4.32. The third-order valence-electron chi connectivity index (χ3n) is 3.71. The number of fused-ring (bicyclic) bond motifs is 1. The molecule has 106 valence electrons. The molecular weight excluding hydrogens is 324 g/mol. The summed E-state index contributed by atoms with van der Waals surface area (Å²) < 4.78 is 1.12. The smallest absolute Gasteiger partial charge is 0.0705 e. The lowest BCUT2D eigenvalue weighted by Crippen LogP contribution is -2.18. The second-order valence-electron chi connectivity index (χ2n) is 5.13. The molecule has 0 aliphatic heterocycles. The predicted octanol–water partition coefficient (Wildman–Crippen LogP) is 4.50. The van der Waals surface area contributed by atoms with Crippen LogP contribution in [0, 0.1) is 0 Å². The molecule has 0 fully saturated rings. The van der Waals surface area contributed by atoms with E-state index in [1.54, 1.807) is 0 Å². The number of aromatic nitrogens is 1. The van der Waals surface area contributed by atoms with Gasteiger partial charge in [0.1, 0.15) is 0 Å². The Bertz CT molecular complexity index is 755. The molecular formula is C18H17BrN2. The van der Waals surface area contributed by atoms with E-state index in [2.05, 4.69) is 74.8 Å². The van der Waals surface area contributed by atoms with Crippen molar-refractivity contribution >= 4 is 26.8 Å². The molecule has 1 aromatic heterocycles. The van der Waals surface area contributed by atoms with Gasteiger partial charge in [0.15, 0.2) is 0 Å². The molecule has 3 heteroatoms. The third-order valence-corrected chi connectivity index (χ3v) is 4.20. The lowest BCUT2D eigenvalue weighted by molar-refractivity contribution is 0.592. The first-order chi connectivity index (χ1) is 10.3. The van der Waals surface area contributed by atoms with Gasteiger partial charge in [-0.2, -0.15) is 0 Å². The standard InChI is InChI=1S/C18H17BrN2/c1-20-17(11-13-4-2-6-16(19)10-13)15-8-7-14-5-3-9-21-18(14)12-15/h2-10,12,17,20H,11H2,1H3. The van der Waals surface area contributed by atoms with Crippen LogP contribution in [0.1, 0.15) is 17.2 Å². The number of likely N-dealkylation sites (N-methyl/N-ethyl adjacent to an activating group) is 1. The maximum atomic E-state index is 4.44. The molecule has 0 saturated carbocycles.